The highest BCUT2D eigenvalue weighted by molar-refractivity contribution is 7.20. The van der Waals surface area contributed by atoms with Crippen LogP contribution in [0.15, 0.2) is 30.2 Å². The van der Waals surface area contributed by atoms with Gasteiger partial charge in [-0.2, -0.15) is 9.78 Å². The molecule has 5 rings (SSSR count). The van der Waals surface area contributed by atoms with Crippen LogP contribution in [-0.2, 0) is 27.1 Å². The Bertz CT molecular complexity index is 1060. The Morgan fingerprint density at radius 1 is 1.18 bits per heavy atom. The van der Waals surface area contributed by atoms with Crippen LogP contribution in [-0.4, -0.2) is 33.9 Å². The summed E-state index contributed by atoms with van der Waals surface area (Å²) in [4.78, 5) is 17.2. The molecule has 1 amide bonds. The molecule has 2 aromatic heterocycles. The molecule has 2 aliphatic rings. The largest absolute Gasteiger partial charge is 0.494 e. The first-order chi connectivity index (χ1) is 13.7. The third kappa shape index (κ3) is 3.13. The lowest BCUT2D eigenvalue weighted by molar-refractivity contribution is -0.117. The number of nitrogens with zero attached hydrogens (tertiary/aromatic N) is 3. The van der Waals surface area contributed by atoms with Crippen molar-refractivity contribution in [3.8, 4) is 5.13 Å². The van der Waals surface area contributed by atoms with Crippen LogP contribution in [0.2, 0.25) is 0 Å². The van der Waals surface area contributed by atoms with Crippen LogP contribution >= 0.6 is 11.3 Å². The summed E-state index contributed by atoms with van der Waals surface area (Å²) in [5.41, 5.74) is 4.61. The first-order valence-electron chi connectivity index (χ1n) is 9.43. The Morgan fingerprint density at radius 3 is 2.79 bits per heavy atom. The molecule has 1 N–H and O–H groups in total. The molecule has 0 saturated carbocycles. The Hall–Kier alpha value is -2.87. The highest BCUT2D eigenvalue weighted by atomic mass is 32.1. The summed E-state index contributed by atoms with van der Waals surface area (Å²) < 4.78 is 13.3. The van der Waals surface area contributed by atoms with E-state index in [0.717, 1.165) is 33.9 Å². The summed E-state index contributed by atoms with van der Waals surface area (Å²) in [6.45, 7) is 2.70. The molecule has 1 aliphatic carbocycles. The SMILES string of the molecule is Cc1cc(NC(=O)C2=COCCO2)n(-c2nc3cc4c(cc3s2)CCCC4)n1. The van der Waals surface area contributed by atoms with E-state index < -0.39 is 0 Å². The van der Waals surface area contributed by atoms with E-state index in [0.29, 0.717) is 19.0 Å². The molecule has 0 bridgehead atoms. The molecule has 3 aromatic rings. The van der Waals surface area contributed by atoms with Crippen molar-refractivity contribution in [1.82, 2.24) is 14.8 Å². The number of carbonyl (C=O) groups is 1. The number of ether oxygens (including phenoxy) is 2. The second-order valence-corrected chi connectivity index (χ2v) is 8.04. The lowest BCUT2D eigenvalue weighted by atomic mass is 9.92. The zero-order valence-corrected chi connectivity index (χ0v) is 16.3. The molecular weight excluding hydrogens is 376 g/mol. The third-order valence-corrected chi connectivity index (χ3v) is 5.96. The smallest absolute Gasteiger partial charge is 0.295 e. The summed E-state index contributed by atoms with van der Waals surface area (Å²) in [5, 5.41) is 8.12. The van der Waals surface area contributed by atoms with Gasteiger partial charge >= 0.3 is 0 Å². The van der Waals surface area contributed by atoms with Crippen molar-refractivity contribution in [2.24, 2.45) is 0 Å². The van der Waals surface area contributed by atoms with E-state index in [2.05, 4.69) is 22.5 Å². The Labute approximate surface area is 166 Å². The number of aryl methyl sites for hydroxylation is 3. The molecule has 8 heteroatoms. The quantitative estimate of drug-likeness (QED) is 0.733. The van der Waals surface area contributed by atoms with Crippen molar-refractivity contribution in [1.29, 1.82) is 0 Å². The van der Waals surface area contributed by atoms with Crippen molar-refractivity contribution in [2.45, 2.75) is 32.6 Å². The van der Waals surface area contributed by atoms with Gasteiger partial charge in [0.1, 0.15) is 25.3 Å². The fraction of sp³-hybridized carbons (Fsp3) is 0.350. The predicted octanol–water partition coefficient (Wildman–Crippen LogP) is 3.50. The second kappa shape index (κ2) is 6.94. The van der Waals surface area contributed by atoms with Crippen molar-refractivity contribution in [3.05, 3.63) is 47.0 Å². The van der Waals surface area contributed by atoms with E-state index in [1.165, 1.54) is 30.2 Å². The fourth-order valence-electron chi connectivity index (χ4n) is 3.63. The normalized spacial score (nSPS) is 16.1. The van der Waals surface area contributed by atoms with Gasteiger partial charge < -0.3 is 14.8 Å². The molecule has 0 saturated heterocycles. The van der Waals surface area contributed by atoms with Gasteiger partial charge in [-0.3, -0.25) is 4.79 Å². The van der Waals surface area contributed by atoms with Crippen LogP contribution < -0.4 is 5.32 Å². The minimum absolute atomic E-state index is 0.161. The van der Waals surface area contributed by atoms with Gasteiger partial charge in [0.2, 0.25) is 10.9 Å². The first kappa shape index (κ1) is 17.2. The molecule has 1 aromatic carbocycles. The number of carbonyl (C=O) groups excluding carboxylic acids is 1. The molecule has 0 fully saturated rings. The number of fused-ring (bicyclic) bond motifs is 2. The minimum Gasteiger partial charge on any atom is -0.494 e. The molecular formula is C20H20N4O3S. The van der Waals surface area contributed by atoms with Crippen molar-refractivity contribution >= 4 is 33.3 Å². The number of hydrogen-bond donors (Lipinski definition) is 1. The molecule has 0 spiro atoms. The summed E-state index contributed by atoms with van der Waals surface area (Å²) in [7, 11) is 0. The molecule has 0 atom stereocenters. The fourth-order valence-corrected chi connectivity index (χ4v) is 4.61. The average Bonchev–Trinajstić information content (AvgIpc) is 3.29. The van der Waals surface area contributed by atoms with Gasteiger partial charge in [-0.1, -0.05) is 11.3 Å². The van der Waals surface area contributed by atoms with Gasteiger partial charge in [-0.05, 0) is 55.9 Å². The highest BCUT2D eigenvalue weighted by Crippen LogP contribution is 2.32. The van der Waals surface area contributed by atoms with Crippen LogP contribution in [0.25, 0.3) is 15.3 Å². The summed E-state index contributed by atoms with van der Waals surface area (Å²) >= 11 is 1.58. The number of amides is 1. The van der Waals surface area contributed by atoms with Crippen molar-refractivity contribution in [2.75, 3.05) is 18.5 Å². The number of aromatic nitrogens is 3. The monoisotopic (exact) mass is 396 g/mol. The van der Waals surface area contributed by atoms with E-state index in [4.69, 9.17) is 14.5 Å². The standard InChI is InChI=1S/C20H20N4O3S/c1-12-8-18(22-19(25)16-11-26-6-7-27-16)24(23-12)20-21-15-9-13-4-2-3-5-14(13)10-17(15)28-20/h8-11H,2-7H2,1H3,(H,22,25). The highest BCUT2D eigenvalue weighted by Gasteiger charge is 2.20. The van der Waals surface area contributed by atoms with E-state index in [9.17, 15) is 4.79 Å². The van der Waals surface area contributed by atoms with Gasteiger partial charge in [0.15, 0.2) is 0 Å². The second-order valence-electron chi connectivity index (χ2n) is 7.03. The number of anilines is 1. The number of rotatable bonds is 3. The number of benzene rings is 1. The predicted molar refractivity (Wildman–Crippen MR) is 107 cm³/mol. The Balaban J connectivity index is 1.49. The van der Waals surface area contributed by atoms with Crippen LogP contribution in [0, 0.1) is 6.92 Å². The first-order valence-corrected chi connectivity index (χ1v) is 10.2. The van der Waals surface area contributed by atoms with Crippen LogP contribution in [0.5, 0.6) is 0 Å². The van der Waals surface area contributed by atoms with E-state index >= 15 is 0 Å². The van der Waals surface area contributed by atoms with Crippen molar-refractivity contribution in [3.63, 3.8) is 0 Å². The molecule has 28 heavy (non-hydrogen) atoms. The van der Waals surface area contributed by atoms with Gasteiger partial charge in [0.25, 0.3) is 5.91 Å². The minimum atomic E-state index is -0.363. The molecule has 144 valence electrons. The lowest BCUT2D eigenvalue weighted by Crippen LogP contribution is -2.22. The number of thiazole rings is 1. The van der Waals surface area contributed by atoms with E-state index in [1.54, 1.807) is 16.0 Å². The molecule has 0 unspecified atom stereocenters. The zero-order valence-electron chi connectivity index (χ0n) is 15.5. The summed E-state index contributed by atoms with van der Waals surface area (Å²) in [5.74, 6) is 0.354. The molecule has 0 radical (unpaired) electrons. The Kier molecular flexibility index (Phi) is 4.27. The van der Waals surface area contributed by atoms with Crippen LogP contribution in [0.3, 0.4) is 0 Å². The Morgan fingerprint density at radius 2 is 2.00 bits per heavy atom. The topological polar surface area (TPSA) is 78.3 Å². The average molecular weight is 396 g/mol. The maximum absolute atomic E-state index is 12.5. The summed E-state index contributed by atoms with van der Waals surface area (Å²) in [6.07, 6.45) is 6.09. The number of hydrogen-bond acceptors (Lipinski definition) is 6. The van der Waals surface area contributed by atoms with Crippen molar-refractivity contribution < 1.29 is 14.3 Å². The lowest BCUT2D eigenvalue weighted by Gasteiger charge is -2.15. The summed E-state index contributed by atoms with van der Waals surface area (Å²) in [6, 6.07) is 6.29. The van der Waals surface area contributed by atoms with Crippen LogP contribution in [0.4, 0.5) is 5.82 Å². The number of nitrogens with one attached hydrogen (secondary N) is 1. The maximum Gasteiger partial charge on any atom is 0.295 e. The van der Waals surface area contributed by atoms with Gasteiger partial charge in [-0.15, -0.1) is 0 Å². The van der Waals surface area contributed by atoms with Gasteiger partial charge in [0, 0.05) is 6.07 Å². The van der Waals surface area contributed by atoms with Gasteiger partial charge in [-0.25, -0.2) is 4.98 Å². The molecule has 1 aliphatic heterocycles. The maximum atomic E-state index is 12.5. The molecule has 3 heterocycles. The van der Waals surface area contributed by atoms with E-state index in [-0.39, 0.29) is 11.7 Å². The van der Waals surface area contributed by atoms with Crippen LogP contribution in [0.1, 0.15) is 29.7 Å². The van der Waals surface area contributed by atoms with Gasteiger partial charge in [0.05, 0.1) is 15.9 Å². The molecule has 7 nitrogen and oxygen atoms in total. The zero-order chi connectivity index (χ0) is 19.1. The van der Waals surface area contributed by atoms with E-state index in [1.807, 2.05) is 13.0 Å². The third-order valence-electron chi connectivity index (χ3n) is 4.97.